The van der Waals surface area contributed by atoms with E-state index in [0.29, 0.717) is 13.1 Å². The molecule has 4 heteroatoms. The Morgan fingerprint density at radius 2 is 2.21 bits per heavy atom. The molecule has 0 atom stereocenters. The fourth-order valence-electron chi connectivity index (χ4n) is 1.71. The molecule has 0 unspecified atom stereocenters. The van der Waals surface area contributed by atoms with E-state index in [9.17, 15) is 4.79 Å². The first kappa shape index (κ1) is 9.34. The van der Waals surface area contributed by atoms with Crippen LogP contribution in [0.25, 0.3) is 0 Å². The maximum absolute atomic E-state index is 11.0. The molecule has 2 rings (SSSR count). The van der Waals surface area contributed by atoms with Gasteiger partial charge in [0.05, 0.1) is 0 Å². The third-order valence-electron chi connectivity index (χ3n) is 2.49. The molecule has 2 N–H and O–H groups in total. The number of urea groups is 1. The molecule has 3 nitrogen and oxygen atoms in total. The van der Waals surface area contributed by atoms with Crippen LogP contribution < -0.4 is 5.73 Å². The monoisotopic (exact) mass is 210 g/mol. The predicted octanol–water partition coefficient (Wildman–Crippen LogP) is 1.78. The van der Waals surface area contributed by atoms with Crippen LogP contribution in [0, 0.1) is 0 Å². The molecule has 0 saturated heterocycles. The van der Waals surface area contributed by atoms with E-state index >= 15 is 0 Å². The summed E-state index contributed by atoms with van der Waals surface area (Å²) in [5, 5.41) is 0.747. The lowest BCUT2D eigenvalue weighted by Gasteiger charge is -2.27. The number of halogens is 1. The van der Waals surface area contributed by atoms with E-state index in [0.717, 1.165) is 17.0 Å². The summed E-state index contributed by atoms with van der Waals surface area (Å²) in [6, 6.07) is 5.39. The predicted molar refractivity (Wildman–Crippen MR) is 55.1 cm³/mol. The number of rotatable bonds is 0. The van der Waals surface area contributed by atoms with Crippen LogP contribution in [0.1, 0.15) is 11.1 Å². The third-order valence-corrected chi connectivity index (χ3v) is 2.73. The zero-order chi connectivity index (χ0) is 10.1. The number of carbonyl (C=O) groups is 1. The Kier molecular flexibility index (Phi) is 2.33. The minimum Gasteiger partial charge on any atom is -0.351 e. The summed E-state index contributed by atoms with van der Waals surface area (Å²) < 4.78 is 0. The van der Waals surface area contributed by atoms with E-state index < -0.39 is 0 Å². The highest BCUT2D eigenvalue weighted by Crippen LogP contribution is 2.22. The molecule has 74 valence electrons. The van der Waals surface area contributed by atoms with Crippen LogP contribution in [-0.4, -0.2) is 17.5 Å². The zero-order valence-corrected chi connectivity index (χ0v) is 8.42. The van der Waals surface area contributed by atoms with Crippen molar-refractivity contribution < 1.29 is 4.79 Å². The van der Waals surface area contributed by atoms with Crippen molar-refractivity contribution >= 4 is 17.6 Å². The van der Waals surface area contributed by atoms with Crippen LogP contribution in [0.2, 0.25) is 5.02 Å². The van der Waals surface area contributed by atoms with Gasteiger partial charge in [0.25, 0.3) is 0 Å². The average molecular weight is 211 g/mol. The van der Waals surface area contributed by atoms with Crippen molar-refractivity contribution in [2.75, 3.05) is 6.54 Å². The van der Waals surface area contributed by atoms with E-state index in [1.807, 2.05) is 18.2 Å². The summed E-state index contributed by atoms with van der Waals surface area (Å²) >= 11 is 5.87. The van der Waals surface area contributed by atoms with Gasteiger partial charge in [-0.3, -0.25) is 0 Å². The molecule has 1 aromatic carbocycles. The molecule has 14 heavy (non-hydrogen) atoms. The minimum atomic E-state index is -0.356. The Morgan fingerprint density at radius 3 is 2.93 bits per heavy atom. The van der Waals surface area contributed by atoms with Gasteiger partial charge in [0.1, 0.15) is 0 Å². The Labute approximate surface area is 87.4 Å². The van der Waals surface area contributed by atoms with Crippen LogP contribution in [0.5, 0.6) is 0 Å². The normalized spacial score (nSPS) is 15.1. The van der Waals surface area contributed by atoms with Crippen molar-refractivity contribution in [1.82, 2.24) is 4.90 Å². The summed E-state index contributed by atoms with van der Waals surface area (Å²) in [5.41, 5.74) is 7.57. The summed E-state index contributed by atoms with van der Waals surface area (Å²) in [6.07, 6.45) is 0.832. The minimum absolute atomic E-state index is 0.356. The van der Waals surface area contributed by atoms with Crippen LogP contribution in [0.15, 0.2) is 18.2 Å². The zero-order valence-electron chi connectivity index (χ0n) is 7.66. The fraction of sp³-hybridized carbons (Fsp3) is 0.300. The van der Waals surface area contributed by atoms with Gasteiger partial charge in [0.2, 0.25) is 0 Å². The van der Waals surface area contributed by atoms with Crippen molar-refractivity contribution in [2.24, 2.45) is 5.73 Å². The van der Waals surface area contributed by atoms with Crippen molar-refractivity contribution in [3.8, 4) is 0 Å². The number of benzene rings is 1. The van der Waals surface area contributed by atoms with E-state index in [-0.39, 0.29) is 6.03 Å². The average Bonchev–Trinajstić information content (AvgIpc) is 2.16. The maximum Gasteiger partial charge on any atom is 0.315 e. The molecular weight excluding hydrogens is 200 g/mol. The van der Waals surface area contributed by atoms with Gasteiger partial charge in [-0.15, -0.1) is 0 Å². The standard InChI is InChI=1S/C10H11ClN2O/c11-9-2-1-8-6-13(10(12)14)4-3-7(8)5-9/h1-2,5H,3-4,6H2,(H2,12,14). The van der Waals surface area contributed by atoms with Gasteiger partial charge in [-0.05, 0) is 29.7 Å². The molecule has 1 aliphatic heterocycles. The highest BCUT2D eigenvalue weighted by molar-refractivity contribution is 6.30. The fourth-order valence-corrected chi connectivity index (χ4v) is 1.90. The van der Waals surface area contributed by atoms with E-state index in [2.05, 4.69) is 0 Å². The largest absolute Gasteiger partial charge is 0.351 e. The summed E-state index contributed by atoms with van der Waals surface area (Å²) in [7, 11) is 0. The third kappa shape index (κ3) is 1.68. The second-order valence-corrected chi connectivity index (χ2v) is 3.86. The van der Waals surface area contributed by atoms with Crippen molar-refractivity contribution in [3.05, 3.63) is 34.3 Å². The summed E-state index contributed by atoms with van der Waals surface area (Å²) in [5.74, 6) is 0. The first-order chi connectivity index (χ1) is 6.66. The van der Waals surface area contributed by atoms with Gasteiger partial charge in [0, 0.05) is 18.1 Å². The molecule has 2 amide bonds. The summed E-state index contributed by atoms with van der Waals surface area (Å²) in [4.78, 5) is 12.6. The quantitative estimate of drug-likeness (QED) is 0.697. The lowest BCUT2D eigenvalue weighted by atomic mass is 10.0. The van der Waals surface area contributed by atoms with Crippen LogP contribution >= 0.6 is 11.6 Å². The number of hydrogen-bond donors (Lipinski definition) is 1. The van der Waals surface area contributed by atoms with Gasteiger partial charge < -0.3 is 10.6 Å². The van der Waals surface area contributed by atoms with E-state index in [4.69, 9.17) is 17.3 Å². The van der Waals surface area contributed by atoms with Gasteiger partial charge in [-0.25, -0.2) is 4.79 Å². The van der Waals surface area contributed by atoms with Crippen LogP contribution in [0.3, 0.4) is 0 Å². The molecule has 0 aromatic heterocycles. The van der Waals surface area contributed by atoms with E-state index in [1.165, 1.54) is 5.56 Å². The Hall–Kier alpha value is -1.22. The number of primary amides is 1. The first-order valence-corrected chi connectivity index (χ1v) is 4.86. The SMILES string of the molecule is NC(=O)N1CCc2cc(Cl)ccc2C1. The molecule has 0 fully saturated rings. The van der Waals surface area contributed by atoms with Gasteiger partial charge in [-0.1, -0.05) is 17.7 Å². The van der Waals surface area contributed by atoms with Gasteiger partial charge in [-0.2, -0.15) is 0 Å². The number of carbonyl (C=O) groups excluding carboxylic acids is 1. The smallest absolute Gasteiger partial charge is 0.315 e. The molecule has 0 radical (unpaired) electrons. The Bertz CT molecular complexity index is 378. The van der Waals surface area contributed by atoms with Gasteiger partial charge in [0.15, 0.2) is 0 Å². The van der Waals surface area contributed by atoms with Crippen molar-refractivity contribution in [2.45, 2.75) is 13.0 Å². The Balaban J connectivity index is 2.27. The number of hydrogen-bond acceptors (Lipinski definition) is 1. The highest BCUT2D eigenvalue weighted by Gasteiger charge is 2.18. The summed E-state index contributed by atoms with van der Waals surface area (Å²) in [6.45, 7) is 1.28. The molecule has 1 heterocycles. The van der Waals surface area contributed by atoms with Crippen molar-refractivity contribution in [1.29, 1.82) is 0 Å². The molecule has 0 aliphatic carbocycles. The number of fused-ring (bicyclic) bond motifs is 1. The van der Waals surface area contributed by atoms with Crippen molar-refractivity contribution in [3.63, 3.8) is 0 Å². The molecule has 1 aromatic rings. The molecule has 1 aliphatic rings. The first-order valence-electron chi connectivity index (χ1n) is 4.48. The second-order valence-electron chi connectivity index (χ2n) is 3.42. The lowest BCUT2D eigenvalue weighted by Crippen LogP contribution is -2.39. The van der Waals surface area contributed by atoms with Crippen LogP contribution in [-0.2, 0) is 13.0 Å². The lowest BCUT2D eigenvalue weighted by molar-refractivity contribution is 0.202. The molecule has 0 saturated carbocycles. The number of nitrogens with zero attached hydrogens (tertiary/aromatic N) is 1. The number of amides is 2. The molecule has 0 bridgehead atoms. The highest BCUT2D eigenvalue weighted by atomic mass is 35.5. The Morgan fingerprint density at radius 1 is 1.43 bits per heavy atom. The molecular formula is C10H11ClN2O. The van der Waals surface area contributed by atoms with Gasteiger partial charge >= 0.3 is 6.03 Å². The van der Waals surface area contributed by atoms with E-state index in [1.54, 1.807) is 4.90 Å². The second kappa shape index (κ2) is 3.50. The van der Waals surface area contributed by atoms with Crippen LogP contribution in [0.4, 0.5) is 4.79 Å². The topological polar surface area (TPSA) is 46.3 Å². The number of nitrogens with two attached hydrogens (primary N) is 1. The maximum atomic E-state index is 11.0. The molecule has 0 spiro atoms.